The molecular weight excluding hydrogens is 182 g/mol. The van der Waals surface area contributed by atoms with E-state index < -0.39 is 0 Å². The lowest BCUT2D eigenvalue weighted by atomic mass is 9.90. The van der Waals surface area contributed by atoms with E-state index in [4.69, 9.17) is 0 Å². The third kappa shape index (κ3) is 1.54. The summed E-state index contributed by atoms with van der Waals surface area (Å²) in [5.41, 5.74) is 4.39. The normalized spacial score (nSPS) is 28.9. The monoisotopic (exact) mass is 201 g/mol. The van der Waals surface area contributed by atoms with Crippen LogP contribution in [0.3, 0.4) is 0 Å². The maximum atomic E-state index is 3.70. The smallest absolute Gasteiger partial charge is 0.0378 e. The van der Waals surface area contributed by atoms with Crippen LogP contribution in [-0.4, -0.2) is 6.04 Å². The molecule has 1 aliphatic heterocycles. The van der Waals surface area contributed by atoms with E-state index in [0.717, 1.165) is 12.0 Å². The molecule has 0 amide bonds. The van der Waals surface area contributed by atoms with E-state index in [1.807, 2.05) is 0 Å². The second kappa shape index (κ2) is 3.55. The van der Waals surface area contributed by atoms with Crippen molar-refractivity contribution in [2.75, 3.05) is 5.32 Å². The van der Waals surface area contributed by atoms with Crippen LogP contribution < -0.4 is 5.32 Å². The highest BCUT2D eigenvalue weighted by atomic mass is 15.0. The number of hydrogen-bond donors (Lipinski definition) is 1. The van der Waals surface area contributed by atoms with Crippen molar-refractivity contribution in [3.05, 3.63) is 29.3 Å². The Kier molecular flexibility index (Phi) is 2.19. The summed E-state index contributed by atoms with van der Waals surface area (Å²) < 4.78 is 0. The van der Waals surface area contributed by atoms with Crippen molar-refractivity contribution in [2.45, 2.75) is 51.0 Å². The molecular formula is C14H19N. The SMILES string of the molecule is Cc1ccc2c(c1)C1CCCCCC1N2. The topological polar surface area (TPSA) is 12.0 Å². The zero-order valence-electron chi connectivity index (χ0n) is 9.42. The molecule has 2 unspecified atom stereocenters. The van der Waals surface area contributed by atoms with Gasteiger partial charge in [-0.2, -0.15) is 0 Å². The van der Waals surface area contributed by atoms with Gasteiger partial charge in [-0.3, -0.25) is 0 Å². The van der Waals surface area contributed by atoms with Crippen LogP contribution in [0.5, 0.6) is 0 Å². The molecule has 0 saturated heterocycles. The predicted molar refractivity (Wildman–Crippen MR) is 64.4 cm³/mol. The lowest BCUT2D eigenvalue weighted by Gasteiger charge is -2.16. The Morgan fingerprint density at radius 2 is 2.00 bits per heavy atom. The Morgan fingerprint density at radius 1 is 1.13 bits per heavy atom. The average Bonchev–Trinajstić information content (AvgIpc) is 2.44. The van der Waals surface area contributed by atoms with Crippen LogP contribution in [0.15, 0.2) is 18.2 Å². The molecule has 1 fully saturated rings. The van der Waals surface area contributed by atoms with Crippen LogP contribution in [0.25, 0.3) is 0 Å². The number of hydrogen-bond acceptors (Lipinski definition) is 1. The van der Waals surface area contributed by atoms with Crippen LogP contribution in [0, 0.1) is 6.92 Å². The van der Waals surface area contributed by atoms with Crippen LogP contribution in [0.2, 0.25) is 0 Å². The van der Waals surface area contributed by atoms with Crippen molar-refractivity contribution in [3.8, 4) is 0 Å². The number of anilines is 1. The minimum atomic E-state index is 0.726. The lowest BCUT2D eigenvalue weighted by Crippen LogP contribution is -2.18. The summed E-state index contributed by atoms with van der Waals surface area (Å²) in [4.78, 5) is 0. The third-order valence-electron chi connectivity index (χ3n) is 3.96. The van der Waals surface area contributed by atoms with E-state index in [0.29, 0.717) is 0 Å². The molecule has 1 aliphatic carbocycles. The molecule has 80 valence electrons. The van der Waals surface area contributed by atoms with Gasteiger partial charge in [0.05, 0.1) is 0 Å². The molecule has 1 nitrogen and oxygen atoms in total. The number of benzene rings is 1. The van der Waals surface area contributed by atoms with Gasteiger partial charge in [0, 0.05) is 17.6 Å². The number of aryl methyl sites for hydroxylation is 1. The highest BCUT2D eigenvalue weighted by Gasteiger charge is 2.32. The van der Waals surface area contributed by atoms with Crippen molar-refractivity contribution in [1.29, 1.82) is 0 Å². The van der Waals surface area contributed by atoms with Gasteiger partial charge < -0.3 is 5.32 Å². The van der Waals surface area contributed by atoms with E-state index in [2.05, 4.69) is 30.4 Å². The summed E-state index contributed by atoms with van der Waals surface area (Å²) in [7, 11) is 0. The van der Waals surface area contributed by atoms with E-state index >= 15 is 0 Å². The van der Waals surface area contributed by atoms with E-state index in [1.165, 1.54) is 43.4 Å². The maximum Gasteiger partial charge on any atom is 0.0378 e. The fraction of sp³-hybridized carbons (Fsp3) is 0.571. The predicted octanol–water partition coefficient (Wildman–Crippen LogP) is 3.84. The summed E-state index contributed by atoms with van der Waals surface area (Å²) in [5.74, 6) is 0.794. The van der Waals surface area contributed by atoms with Gasteiger partial charge in [0.15, 0.2) is 0 Å². The largest absolute Gasteiger partial charge is 0.381 e. The number of rotatable bonds is 0. The maximum absolute atomic E-state index is 3.70. The highest BCUT2D eigenvalue weighted by molar-refractivity contribution is 5.60. The molecule has 1 aromatic carbocycles. The van der Waals surface area contributed by atoms with E-state index in [9.17, 15) is 0 Å². The quantitative estimate of drug-likeness (QED) is 0.672. The van der Waals surface area contributed by atoms with Crippen molar-refractivity contribution in [1.82, 2.24) is 0 Å². The first-order chi connectivity index (χ1) is 7.34. The van der Waals surface area contributed by atoms with Crippen molar-refractivity contribution in [3.63, 3.8) is 0 Å². The van der Waals surface area contributed by atoms with Gasteiger partial charge in [0.2, 0.25) is 0 Å². The van der Waals surface area contributed by atoms with Crippen LogP contribution in [0.4, 0.5) is 5.69 Å². The molecule has 0 spiro atoms. The van der Waals surface area contributed by atoms with Gasteiger partial charge in [-0.05, 0) is 31.4 Å². The van der Waals surface area contributed by atoms with Crippen molar-refractivity contribution < 1.29 is 0 Å². The highest BCUT2D eigenvalue weighted by Crippen LogP contribution is 2.42. The summed E-state index contributed by atoms with van der Waals surface area (Å²) in [6.45, 7) is 2.20. The second-order valence-corrected chi connectivity index (χ2v) is 5.09. The molecule has 0 aromatic heterocycles. The molecule has 1 aromatic rings. The Morgan fingerprint density at radius 3 is 2.93 bits per heavy atom. The average molecular weight is 201 g/mol. The molecule has 1 heterocycles. The van der Waals surface area contributed by atoms with Gasteiger partial charge in [-0.1, -0.05) is 37.0 Å². The molecule has 2 aliphatic rings. The second-order valence-electron chi connectivity index (χ2n) is 5.09. The summed E-state index contributed by atoms with van der Waals surface area (Å²) in [5, 5.41) is 3.70. The molecule has 15 heavy (non-hydrogen) atoms. The molecule has 2 atom stereocenters. The van der Waals surface area contributed by atoms with E-state index in [1.54, 1.807) is 5.56 Å². The zero-order valence-corrected chi connectivity index (χ0v) is 9.42. The summed E-state index contributed by atoms with van der Waals surface area (Å²) in [6, 6.07) is 7.60. The first-order valence-corrected chi connectivity index (χ1v) is 6.22. The van der Waals surface area contributed by atoms with Gasteiger partial charge >= 0.3 is 0 Å². The molecule has 1 heteroatoms. The Balaban J connectivity index is 1.98. The Bertz CT molecular complexity index is 370. The minimum absolute atomic E-state index is 0.726. The van der Waals surface area contributed by atoms with Crippen LogP contribution in [0.1, 0.15) is 49.1 Å². The number of nitrogens with one attached hydrogen (secondary N) is 1. The third-order valence-corrected chi connectivity index (χ3v) is 3.96. The standard InChI is InChI=1S/C14H19N/c1-10-7-8-14-12(9-10)11-5-3-2-4-6-13(11)15-14/h7-9,11,13,15H,2-6H2,1H3. The van der Waals surface area contributed by atoms with Gasteiger partial charge in [0.1, 0.15) is 0 Å². The van der Waals surface area contributed by atoms with E-state index in [-0.39, 0.29) is 0 Å². The lowest BCUT2D eigenvalue weighted by molar-refractivity contribution is 0.562. The van der Waals surface area contributed by atoms with Gasteiger partial charge in [-0.25, -0.2) is 0 Å². The molecule has 0 bridgehead atoms. The van der Waals surface area contributed by atoms with Crippen molar-refractivity contribution in [2.24, 2.45) is 0 Å². The van der Waals surface area contributed by atoms with Crippen LogP contribution >= 0.6 is 0 Å². The molecule has 1 N–H and O–H groups in total. The Labute approximate surface area is 91.9 Å². The van der Waals surface area contributed by atoms with Crippen LogP contribution in [-0.2, 0) is 0 Å². The number of fused-ring (bicyclic) bond motifs is 3. The fourth-order valence-electron chi connectivity index (χ4n) is 3.17. The minimum Gasteiger partial charge on any atom is -0.381 e. The molecule has 0 radical (unpaired) electrons. The van der Waals surface area contributed by atoms with Gasteiger partial charge in [0.25, 0.3) is 0 Å². The molecule has 1 saturated carbocycles. The first-order valence-electron chi connectivity index (χ1n) is 6.22. The first kappa shape index (κ1) is 9.26. The van der Waals surface area contributed by atoms with Crippen molar-refractivity contribution >= 4 is 5.69 Å². The van der Waals surface area contributed by atoms with Gasteiger partial charge in [-0.15, -0.1) is 0 Å². The summed E-state index contributed by atoms with van der Waals surface area (Å²) in [6.07, 6.45) is 6.99. The molecule has 3 rings (SSSR count). The Hall–Kier alpha value is -0.980. The fourth-order valence-corrected chi connectivity index (χ4v) is 3.17. The zero-order chi connectivity index (χ0) is 10.3. The summed E-state index contributed by atoms with van der Waals surface area (Å²) >= 11 is 0.